The molecule has 1 rings (SSSR count). The van der Waals surface area contributed by atoms with Gasteiger partial charge >= 0.3 is 5.69 Å². The molecule has 1 amide bonds. The van der Waals surface area contributed by atoms with Crippen molar-refractivity contribution >= 4 is 11.6 Å². The van der Waals surface area contributed by atoms with Crippen LogP contribution in [-0.4, -0.2) is 38.0 Å². The van der Waals surface area contributed by atoms with Gasteiger partial charge in [-0.25, -0.2) is 0 Å². The number of hydrogen-bond donors (Lipinski definition) is 1. The highest BCUT2D eigenvalue weighted by Crippen LogP contribution is 2.13. The Morgan fingerprint density at radius 2 is 2.18 bits per heavy atom. The second-order valence-corrected chi connectivity index (χ2v) is 3.71. The minimum absolute atomic E-state index is 0. The van der Waals surface area contributed by atoms with E-state index in [0.29, 0.717) is 17.8 Å². The first kappa shape index (κ1) is 15.4. The van der Waals surface area contributed by atoms with E-state index in [9.17, 15) is 4.79 Å². The number of diazo groups is 1. The third-order valence-corrected chi connectivity index (χ3v) is 2.07. The van der Waals surface area contributed by atoms with Crippen LogP contribution in [0.15, 0.2) is 24.3 Å². The average Bonchev–Trinajstić information content (AvgIpc) is 2.28. The lowest BCUT2D eigenvalue weighted by Gasteiger charge is -2.09. The third kappa shape index (κ3) is 5.29. The van der Waals surface area contributed by atoms with Gasteiger partial charge in [0.05, 0.1) is 0 Å². The number of amides is 1. The molecule has 0 saturated carbocycles. The largest absolute Gasteiger partial charge is 1.00 e. The van der Waals surface area contributed by atoms with Crippen molar-refractivity contribution in [3.63, 3.8) is 0 Å². The molecule has 1 N–H and O–H groups in total. The van der Waals surface area contributed by atoms with Gasteiger partial charge < -0.3 is 22.6 Å². The molecule has 6 heteroatoms. The molecule has 0 bridgehead atoms. The molecule has 0 aliphatic carbocycles. The number of rotatable bonds is 4. The van der Waals surface area contributed by atoms with Crippen LogP contribution in [-0.2, 0) is 0 Å². The van der Waals surface area contributed by atoms with E-state index in [-0.39, 0.29) is 18.3 Å². The fourth-order valence-corrected chi connectivity index (χ4v) is 1.20. The van der Waals surface area contributed by atoms with Gasteiger partial charge in [0.25, 0.3) is 5.91 Å². The van der Waals surface area contributed by atoms with Gasteiger partial charge in [-0.15, -0.1) is 0 Å². The van der Waals surface area contributed by atoms with E-state index < -0.39 is 0 Å². The normalized spacial score (nSPS) is 9.29. The Bertz CT molecular complexity index is 414. The summed E-state index contributed by atoms with van der Waals surface area (Å²) in [5.74, 6) is -0.160. The number of benzene rings is 1. The van der Waals surface area contributed by atoms with Gasteiger partial charge in [0.1, 0.15) is 0 Å². The summed E-state index contributed by atoms with van der Waals surface area (Å²) in [5, 5.41) is 11.4. The van der Waals surface area contributed by atoms with E-state index in [1.807, 2.05) is 19.0 Å². The van der Waals surface area contributed by atoms with Gasteiger partial charge in [0.2, 0.25) is 5.39 Å². The van der Waals surface area contributed by atoms with E-state index in [2.05, 4.69) is 10.3 Å². The number of carbonyl (C=O) groups excluding carboxylic acids is 1. The molecule has 17 heavy (non-hydrogen) atoms. The Kier molecular flexibility index (Phi) is 6.87. The first-order chi connectivity index (χ1) is 7.63. The maximum absolute atomic E-state index is 11.6. The third-order valence-electron chi connectivity index (χ3n) is 2.07. The molecule has 0 saturated heterocycles. The van der Waals surface area contributed by atoms with E-state index in [4.69, 9.17) is 5.39 Å². The van der Waals surface area contributed by atoms with Crippen molar-refractivity contribution in [2.45, 2.75) is 0 Å². The van der Waals surface area contributed by atoms with Crippen molar-refractivity contribution in [1.29, 1.82) is 5.39 Å². The zero-order valence-electron chi connectivity index (χ0n) is 9.85. The second-order valence-electron chi connectivity index (χ2n) is 3.71. The van der Waals surface area contributed by atoms with Crippen LogP contribution in [0.25, 0.3) is 4.98 Å². The predicted molar refractivity (Wildman–Crippen MR) is 62.1 cm³/mol. The highest BCUT2D eigenvalue weighted by Gasteiger charge is 2.10. The second kappa shape index (κ2) is 7.60. The molecule has 1 aromatic rings. The van der Waals surface area contributed by atoms with Crippen LogP contribution in [0.5, 0.6) is 0 Å². The number of likely N-dealkylation sites (N-methyl/N-ethyl adjacent to an activating group) is 1. The topological polar surface area (TPSA) is 60.5 Å². The summed E-state index contributed by atoms with van der Waals surface area (Å²) in [6, 6.07) is 6.51. The molecule has 0 atom stereocenters. The van der Waals surface area contributed by atoms with E-state index in [0.717, 1.165) is 6.54 Å². The SMILES string of the molecule is CN(C)CCNC(=O)c1cccc([N+]#N)c1.[Cl-]. The summed E-state index contributed by atoms with van der Waals surface area (Å²) in [7, 11) is 3.88. The van der Waals surface area contributed by atoms with Crippen molar-refractivity contribution in [2.75, 3.05) is 27.2 Å². The monoisotopic (exact) mass is 254 g/mol. The number of hydrogen-bond acceptors (Lipinski definition) is 3. The zero-order chi connectivity index (χ0) is 12.0. The minimum atomic E-state index is -0.160. The fraction of sp³-hybridized carbons (Fsp3) is 0.364. The molecule has 0 heterocycles. The van der Waals surface area contributed by atoms with E-state index >= 15 is 0 Å². The Balaban J connectivity index is 0.00000256. The Morgan fingerprint density at radius 3 is 2.76 bits per heavy atom. The quantitative estimate of drug-likeness (QED) is 0.663. The van der Waals surface area contributed by atoms with Crippen molar-refractivity contribution in [3.05, 3.63) is 34.8 Å². The lowest BCUT2D eigenvalue weighted by atomic mass is 10.2. The lowest BCUT2D eigenvalue weighted by molar-refractivity contribution is -0.0000121. The van der Waals surface area contributed by atoms with Crippen LogP contribution in [0.4, 0.5) is 5.69 Å². The maximum atomic E-state index is 11.6. The van der Waals surface area contributed by atoms with Crippen LogP contribution in [0, 0.1) is 5.39 Å². The van der Waals surface area contributed by atoms with Crippen LogP contribution in [0.1, 0.15) is 10.4 Å². The molecular formula is C11H15ClN4O. The van der Waals surface area contributed by atoms with Crippen molar-refractivity contribution in [1.82, 2.24) is 10.2 Å². The molecule has 0 aliphatic heterocycles. The molecule has 0 aliphatic rings. The smallest absolute Gasteiger partial charge is 0.385 e. The molecule has 0 spiro atoms. The van der Waals surface area contributed by atoms with Gasteiger partial charge in [0.15, 0.2) is 4.98 Å². The molecule has 0 fully saturated rings. The van der Waals surface area contributed by atoms with Crippen molar-refractivity contribution in [3.8, 4) is 0 Å². The van der Waals surface area contributed by atoms with E-state index in [1.165, 1.54) is 6.07 Å². The number of halogens is 1. The summed E-state index contributed by atoms with van der Waals surface area (Å²) < 4.78 is 0. The molecule has 92 valence electrons. The van der Waals surface area contributed by atoms with Crippen LogP contribution in [0.2, 0.25) is 0 Å². The summed E-state index contributed by atoms with van der Waals surface area (Å²) in [6.45, 7) is 1.38. The van der Waals surface area contributed by atoms with Gasteiger partial charge in [-0.2, -0.15) is 0 Å². The highest BCUT2D eigenvalue weighted by atomic mass is 35.5. The van der Waals surface area contributed by atoms with Crippen molar-refractivity contribution in [2.24, 2.45) is 0 Å². The molecule has 0 aromatic heterocycles. The summed E-state index contributed by atoms with van der Waals surface area (Å²) in [4.78, 5) is 16.7. The fourth-order valence-electron chi connectivity index (χ4n) is 1.20. The van der Waals surface area contributed by atoms with Crippen LogP contribution >= 0.6 is 0 Å². The molecular weight excluding hydrogens is 240 g/mol. The standard InChI is InChI=1S/C11H14N4O.ClH/c1-15(2)7-6-13-11(16)9-4-3-5-10(8-9)14-12;/h3-5,8H,6-7H2,1-2H3;1H. The Labute approximate surface area is 107 Å². The number of nitrogens with one attached hydrogen (secondary N) is 1. The zero-order valence-corrected chi connectivity index (χ0v) is 10.6. The number of carbonyl (C=O) groups is 1. The summed E-state index contributed by atoms with van der Waals surface area (Å²) >= 11 is 0. The Hall–Kier alpha value is -1.64. The minimum Gasteiger partial charge on any atom is -1.00 e. The summed E-state index contributed by atoms with van der Waals surface area (Å²) in [5.41, 5.74) is 0.870. The van der Waals surface area contributed by atoms with Gasteiger partial charge in [-0.1, -0.05) is 6.07 Å². The summed E-state index contributed by atoms with van der Waals surface area (Å²) in [6.07, 6.45) is 0. The molecule has 0 radical (unpaired) electrons. The van der Waals surface area contributed by atoms with Crippen LogP contribution < -0.4 is 17.7 Å². The first-order valence-corrected chi connectivity index (χ1v) is 5.01. The lowest BCUT2D eigenvalue weighted by Crippen LogP contribution is -3.00. The number of nitrogens with zero attached hydrogens (tertiary/aromatic N) is 3. The van der Waals surface area contributed by atoms with Gasteiger partial charge in [0, 0.05) is 30.8 Å². The molecule has 0 unspecified atom stereocenters. The van der Waals surface area contributed by atoms with Crippen molar-refractivity contribution < 1.29 is 17.2 Å². The Morgan fingerprint density at radius 1 is 1.47 bits per heavy atom. The van der Waals surface area contributed by atoms with E-state index in [1.54, 1.807) is 18.2 Å². The molecule has 1 aromatic carbocycles. The first-order valence-electron chi connectivity index (χ1n) is 5.01. The highest BCUT2D eigenvalue weighted by molar-refractivity contribution is 5.95. The van der Waals surface area contributed by atoms with Gasteiger partial charge in [-0.3, -0.25) is 4.79 Å². The predicted octanol–water partition coefficient (Wildman–Crippen LogP) is -1.53. The molecule has 5 nitrogen and oxygen atoms in total. The van der Waals surface area contributed by atoms with Gasteiger partial charge in [-0.05, 0) is 20.2 Å². The average molecular weight is 255 g/mol. The van der Waals surface area contributed by atoms with Crippen LogP contribution in [0.3, 0.4) is 0 Å². The maximum Gasteiger partial charge on any atom is 0.385 e.